The fourth-order valence-electron chi connectivity index (χ4n) is 5.59. The molecular formula is C36H39BrN8. The van der Waals surface area contributed by atoms with Crippen LogP contribution in [0.15, 0.2) is 90.1 Å². The first kappa shape index (κ1) is 32.0. The lowest BCUT2D eigenvalue weighted by atomic mass is 9.98. The van der Waals surface area contributed by atoms with E-state index in [1.165, 1.54) is 11.9 Å². The maximum Gasteiger partial charge on any atom is 0.147 e. The van der Waals surface area contributed by atoms with Gasteiger partial charge in [-0.3, -0.25) is 4.98 Å². The van der Waals surface area contributed by atoms with Gasteiger partial charge in [0, 0.05) is 65.2 Å². The maximum atomic E-state index is 10.2. The third kappa shape index (κ3) is 8.41. The van der Waals surface area contributed by atoms with Crippen LogP contribution in [-0.4, -0.2) is 44.6 Å². The van der Waals surface area contributed by atoms with Crippen LogP contribution < -0.4 is 15.5 Å². The number of para-hydroxylation sites is 1. The van der Waals surface area contributed by atoms with Crippen LogP contribution in [-0.2, 0) is 6.54 Å². The van der Waals surface area contributed by atoms with Crippen molar-refractivity contribution in [2.24, 2.45) is 0 Å². The average Bonchev–Trinajstić information content (AvgIpc) is 3.05. The van der Waals surface area contributed by atoms with E-state index in [0.717, 1.165) is 63.8 Å². The minimum Gasteiger partial charge on any atom is -0.370 e. The number of nitriles is 1. The summed E-state index contributed by atoms with van der Waals surface area (Å²) in [5.41, 5.74) is 6.92. The van der Waals surface area contributed by atoms with Crippen LogP contribution >= 0.6 is 15.9 Å². The van der Waals surface area contributed by atoms with E-state index in [0.29, 0.717) is 24.0 Å². The van der Waals surface area contributed by atoms with Gasteiger partial charge < -0.3 is 15.5 Å². The van der Waals surface area contributed by atoms with Crippen LogP contribution in [0.3, 0.4) is 0 Å². The summed E-state index contributed by atoms with van der Waals surface area (Å²) >= 11 is 3.56. The third-order valence-corrected chi connectivity index (χ3v) is 8.54. The van der Waals surface area contributed by atoms with Gasteiger partial charge in [0.15, 0.2) is 0 Å². The number of pyridine rings is 2. The van der Waals surface area contributed by atoms with E-state index in [-0.39, 0.29) is 5.54 Å². The highest BCUT2D eigenvalue weighted by molar-refractivity contribution is 9.10. The van der Waals surface area contributed by atoms with Gasteiger partial charge in [0.2, 0.25) is 0 Å². The molecule has 5 aromatic rings. The summed E-state index contributed by atoms with van der Waals surface area (Å²) in [5.74, 6) is 0.654. The lowest BCUT2D eigenvalue weighted by Crippen LogP contribution is -2.49. The Bertz CT molecular complexity index is 1720. The highest BCUT2D eigenvalue weighted by atomic mass is 79.9. The van der Waals surface area contributed by atoms with Crippen molar-refractivity contribution in [2.45, 2.75) is 58.7 Å². The Hall–Kier alpha value is -4.39. The summed E-state index contributed by atoms with van der Waals surface area (Å²) in [7, 11) is 0. The Morgan fingerprint density at radius 1 is 1.00 bits per heavy atom. The quantitative estimate of drug-likeness (QED) is 0.191. The number of benzene rings is 2. The average molecular weight is 664 g/mol. The fourth-order valence-corrected chi connectivity index (χ4v) is 5.84. The number of halogens is 1. The standard InChI is InChI=1S/C27H32BrN5.C9H7N3/c1-18-15-19(9-10-23(18)28)17-30-26-22(16-29)25(21-7-5-6-8-24(21)31-26)33-13-11-20(12-14-33)32-27(2,3)4;1-2-8(6-10-4-1)9-3-5-11-7-12-9/h5-10,15,20,32H,11-14,17H2,1-4H3,(H,30,31);1-7H. The molecule has 0 radical (unpaired) electrons. The van der Waals surface area contributed by atoms with Gasteiger partial charge in [0.05, 0.1) is 16.9 Å². The van der Waals surface area contributed by atoms with Gasteiger partial charge in [-0.2, -0.15) is 5.26 Å². The summed E-state index contributed by atoms with van der Waals surface area (Å²) in [4.78, 5) is 19.1. The Morgan fingerprint density at radius 3 is 2.47 bits per heavy atom. The Morgan fingerprint density at radius 2 is 1.80 bits per heavy atom. The number of nitrogens with zero attached hydrogens (tertiary/aromatic N) is 6. The smallest absolute Gasteiger partial charge is 0.147 e. The molecule has 0 unspecified atom stereocenters. The van der Waals surface area contributed by atoms with Crippen molar-refractivity contribution in [3.63, 3.8) is 0 Å². The van der Waals surface area contributed by atoms with Crippen molar-refractivity contribution in [1.82, 2.24) is 25.3 Å². The molecule has 0 amide bonds. The highest BCUT2D eigenvalue weighted by Crippen LogP contribution is 2.36. The van der Waals surface area contributed by atoms with Crippen molar-refractivity contribution in [1.29, 1.82) is 5.26 Å². The molecule has 0 saturated carbocycles. The van der Waals surface area contributed by atoms with Gasteiger partial charge in [-0.05, 0) is 82.0 Å². The minimum atomic E-state index is 0.108. The van der Waals surface area contributed by atoms with Crippen molar-refractivity contribution >= 4 is 38.3 Å². The summed E-state index contributed by atoms with van der Waals surface area (Å²) < 4.78 is 1.10. The molecule has 45 heavy (non-hydrogen) atoms. The zero-order valence-corrected chi connectivity index (χ0v) is 27.8. The molecule has 3 aromatic heterocycles. The molecule has 2 N–H and O–H groups in total. The molecule has 8 nitrogen and oxygen atoms in total. The number of rotatable bonds is 6. The summed E-state index contributed by atoms with van der Waals surface area (Å²) in [6.07, 6.45) is 8.88. The number of nitrogens with one attached hydrogen (secondary N) is 2. The van der Waals surface area contributed by atoms with E-state index in [9.17, 15) is 5.26 Å². The Kier molecular flexibility index (Phi) is 10.4. The van der Waals surface area contributed by atoms with Gasteiger partial charge in [-0.15, -0.1) is 0 Å². The second kappa shape index (κ2) is 14.6. The number of aryl methyl sites for hydroxylation is 1. The van der Waals surface area contributed by atoms with Crippen LogP contribution in [0.1, 0.15) is 50.3 Å². The summed E-state index contributed by atoms with van der Waals surface area (Å²) in [6, 6.07) is 23.1. The molecule has 0 bridgehead atoms. The van der Waals surface area contributed by atoms with Gasteiger partial charge in [-0.25, -0.2) is 15.0 Å². The molecule has 9 heteroatoms. The zero-order valence-electron chi connectivity index (χ0n) is 26.3. The third-order valence-electron chi connectivity index (χ3n) is 7.65. The molecule has 2 aromatic carbocycles. The van der Waals surface area contributed by atoms with Crippen LogP contribution in [0, 0.1) is 18.3 Å². The SMILES string of the molecule is Cc1cc(CNc2nc3ccccc3c(N3CCC(NC(C)(C)C)CC3)c2C#N)ccc1Br.c1cncc(-c2ccncn2)c1. The number of fused-ring (bicyclic) bond motifs is 1. The number of aromatic nitrogens is 4. The topological polar surface area (TPSA) is 103 Å². The molecule has 1 aliphatic heterocycles. The summed E-state index contributed by atoms with van der Waals surface area (Å²) in [6.45, 7) is 11.2. The lowest BCUT2D eigenvalue weighted by molar-refractivity contribution is 0.317. The molecule has 0 atom stereocenters. The van der Waals surface area contributed by atoms with Gasteiger partial charge >= 0.3 is 0 Å². The van der Waals surface area contributed by atoms with Crippen LogP contribution in [0.2, 0.25) is 0 Å². The number of piperidine rings is 1. The first-order valence-electron chi connectivity index (χ1n) is 15.2. The summed E-state index contributed by atoms with van der Waals surface area (Å²) in [5, 5.41) is 18.4. The second-order valence-electron chi connectivity index (χ2n) is 12.2. The maximum absolute atomic E-state index is 10.2. The van der Waals surface area contributed by atoms with E-state index in [1.807, 2.05) is 36.4 Å². The molecular weight excluding hydrogens is 624 g/mol. The Labute approximate surface area is 274 Å². The number of hydrogen-bond donors (Lipinski definition) is 2. The molecule has 0 spiro atoms. The van der Waals surface area contributed by atoms with E-state index in [1.54, 1.807) is 18.6 Å². The van der Waals surface area contributed by atoms with Crippen molar-refractivity contribution < 1.29 is 0 Å². The van der Waals surface area contributed by atoms with Crippen LogP contribution in [0.25, 0.3) is 22.2 Å². The second-order valence-corrected chi connectivity index (χ2v) is 13.1. The normalized spacial score (nSPS) is 13.6. The molecule has 0 aliphatic carbocycles. The van der Waals surface area contributed by atoms with Gasteiger partial charge in [0.1, 0.15) is 23.8 Å². The van der Waals surface area contributed by atoms with Crippen LogP contribution in [0.4, 0.5) is 11.5 Å². The van der Waals surface area contributed by atoms with Gasteiger partial charge in [-0.1, -0.05) is 46.3 Å². The number of hydrogen-bond acceptors (Lipinski definition) is 8. The predicted molar refractivity (Wildman–Crippen MR) is 186 cm³/mol. The first-order valence-corrected chi connectivity index (χ1v) is 16.0. The van der Waals surface area contributed by atoms with Crippen LogP contribution in [0.5, 0.6) is 0 Å². The van der Waals surface area contributed by atoms with Gasteiger partial charge in [0.25, 0.3) is 0 Å². The minimum absolute atomic E-state index is 0.108. The molecule has 1 aliphatic rings. The molecule has 230 valence electrons. The molecule has 6 rings (SSSR count). The lowest BCUT2D eigenvalue weighted by Gasteiger charge is -2.38. The van der Waals surface area contributed by atoms with E-state index in [4.69, 9.17) is 4.98 Å². The van der Waals surface area contributed by atoms with Crippen molar-refractivity contribution in [2.75, 3.05) is 23.3 Å². The van der Waals surface area contributed by atoms with E-state index >= 15 is 0 Å². The molecule has 1 saturated heterocycles. The fraction of sp³-hybridized carbons (Fsp3) is 0.306. The number of anilines is 2. The predicted octanol–water partition coefficient (Wildman–Crippen LogP) is 7.69. The largest absolute Gasteiger partial charge is 0.370 e. The molecule has 4 heterocycles. The molecule has 1 fully saturated rings. The van der Waals surface area contributed by atoms with Crippen molar-refractivity contribution in [3.8, 4) is 17.3 Å². The zero-order chi connectivity index (χ0) is 31.8. The van der Waals surface area contributed by atoms with E-state index < -0.39 is 0 Å². The highest BCUT2D eigenvalue weighted by Gasteiger charge is 2.27. The van der Waals surface area contributed by atoms with Crippen molar-refractivity contribution in [3.05, 3.63) is 107 Å². The first-order chi connectivity index (χ1) is 21.7. The van der Waals surface area contributed by atoms with E-state index in [2.05, 4.69) is 104 Å². The Balaban J connectivity index is 0.000000277. The monoisotopic (exact) mass is 662 g/mol.